The quantitative estimate of drug-likeness (QED) is 0.682. The first-order valence-electron chi connectivity index (χ1n) is 6.67. The zero-order valence-electron chi connectivity index (χ0n) is 11.7. The summed E-state index contributed by atoms with van der Waals surface area (Å²) < 4.78 is 0. The molecule has 2 unspecified atom stereocenters. The smallest absolute Gasteiger partial charge is 0.328 e. The van der Waals surface area contributed by atoms with Crippen LogP contribution in [0.4, 0.5) is 0 Å². The molecule has 1 N–H and O–H groups in total. The second-order valence-electron chi connectivity index (χ2n) is 6.01. The number of fused-ring (bicyclic) bond motifs is 1. The maximum absolute atomic E-state index is 12.2. The molecule has 6 heteroatoms. The summed E-state index contributed by atoms with van der Waals surface area (Å²) in [6.07, 6.45) is 2.57. The molecule has 1 saturated heterocycles. The van der Waals surface area contributed by atoms with Gasteiger partial charge in [0.05, 0.1) is 18.4 Å². The van der Waals surface area contributed by atoms with Crippen LogP contribution in [-0.4, -0.2) is 27.8 Å². The predicted octanol–water partition coefficient (Wildman–Crippen LogP) is 1.99. The Balaban J connectivity index is 1.70. The van der Waals surface area contributed by atoms with Gasteiger partial charge in [-0.1, -0.05) is 13.8 Å². The first-order valence-corrected chi connectivity index (χ1v) is 7.49. The molecule has 0 radical (unpaired) electrons. The molecule has 2 aliphatic rings. The molecule has 2 amide bonds. The predicted molar refractivity (Wildman–Crippen MR) is 77.3 cm³/mol. The van der Waals surface area contributed by atoms with Gasteiger partial charge in [0.2, 0.25) is 11.8 Å². The van der Waals surface area contributed by atoms with Gasteiger partial charge in [-0.3, -0.25) is 14.5 Å². The molecule has 2 heterocycles. The third-order valence-electron chi connectivity index (χ3n) is 4.28. The van der Waals surface area contributed by atoms with Crippen molar-refractivity contribution in [1.82, 2.24) is 4.90 Å². The van der Waals surface area contributed by atoms with Crippen LogP contribution in [0.2, 0.25) is 0 Å². The number of thiophene rings is 1. The van der Waals surface area contributed by atoms with E-state index in [0.29, 0.717) is 0 Å². The van der Waals surface area contributed by atoms with E-state index in [1.54, 1.807) is 6.07 Å². The number of hydrogen-bond acceptors (Lipinski definition) is 4. The number of hydrogen-bond donors (Lipinski definition) is 1. The molecule has 2 atom stereocenters. The molecule has 1 aromatic rings. The fourth-order valence-corrected chi connectivity index (χ4v) is 3.94. The van der Waals surface area contributed by atoms with E-state index in [2.05, 4.69) is 0 Å². The minimum atomic E-state index is -1.00. The van der Waals surface area contributed by atoms with E-state index < -0.39 is 5.97 Å². The molecule has 3 rings (SSSR count). The lowest BCUT2D eigenvalue weighted by atomic mass is 10.1. The molecule has 1 aliphatic carbocycles. The number of carboxylic acids is 1. The number of carbonyl (C=O) groups is 3. The van der Waals surface area contributed by atoms with Crippen LogP contribution in [0, 0.1) is 17.3 Å². The Kier molecular flexibility index (Phi) is 3.02. The Morgan fingerprint density at radius 3 is 2.52 bits per heavy atom. The lowest BCUT2D eigenvalue weighted by molar-refractivity contribution is -0.143. The van der Waals surface area contributed by atoms with E-state index in [1.165, 1.54) is 22.3 Å². The molecule has 1 aromatic heterocycles. The van der Waals surface area contributed by atoms with Gasteiger partial charge in [-0.15, -0.1) is 11.3 Å². The first kappa shape index (κ1) is 14.0. The maximum atomic E-state index is 12.2. The maximum Gasteiger partial charge on any atom is 0.328 e. The van der Waals surface area contributed by atoms with Crippen molar-refractivity contribution in [2.24, 2.45) is 17.3 Å². The summed E-state index contributed by atoms with van der Waals surface area (Å²) in [5.74, 6) is -1.47. The number of piperidine rings is 1. The highest BCUT2D eigenvalue weighted by molar-refractivity contribution is 7.12. The van der Waals surface area contributed by atoms with Crippen molar-refractivity contribution in [3.05, 3.63) is 28.0 Å². The minimum absolute atomic E-state index is 0.0778. The number of carbonyl (C=O) groups excluding carboxylic acids is 2. The minimum Gasteiger partial charge on any atom is -0.478 e. The number of rotatable bonds is 4. The molecule has 5 nitrogen and oxygen atoms in total. The SMILES string of the molecule is CC1(C)C2C(=O)N(Cc3ccc(C=CC(=O)O)s3)C(=O)C21. The Labute approximate surface area is 125 Å². The molecule has 1 saturated carbocycles. The number of imide groups is 1. The zero-order chi connectivity index (χ0) is 15.4. The van der Waals surface area contributed by atoms with Crippen LogP contribution in [0.5, 0.6) is 0 Å². The molecular weight excluding hydrogens is 290 g/mol. The van der Waals surface area contributed by atoms with Crippen molar-refractivity contribution < 1.29 is 19.5 Å². The second kappa shape index (κ2) is 4.53. The van der Waals surface area contributed by atoms with Gasteiger partial charge in [-0.05, 0) is 23.6 Å². The van der Waals surface area contributed by atoms with Crippen LogP contribution >= 0.6 is 11.3 Å². The van der Waals surface area contributed by atoms with Crippen LogP contribution in [0.25, 0.3) is 6.08 Å². The molecule has 0 aromatic carbocycles. The zero-order valence-corrected chi connectivity index (χ0v) is 12.5. The van der Waals surface area contributed by atoms with Crippen molar-refractivity contribution in [2.75, 3.05) is 0 Å². The van der Waals surface area contributed by atoms with Crippen LogP contribution in [0.3, 0.4) is 0 Å². The summed E-state index contributed by atoms with van der Waals surface area (Å²) in [4.78, 5) is 37.9. The summed E-state index contributed by atoms with van der Waals surface area (Å²) in [6, 6.07) is 3.61. The van der Waals surface area contributed by atoms with E-state index in [-0.39, 0.29) is 35.6 Å². The van der Waals surface area contributed by atoms with E-state index in [9.17, 15) is 14.4 Å². The fourth-order valence-electron chi connectivity index (χ4n) is 3.04. The monoisotopic (exact) mass is 305 g/mol. The van der Waals surface area contributed by atoms with Gasteiger partial charge in [0.25, 0.3) is 0 Å². The van der Waals surface area contributed by atoms with Gasteiger partial charge in [0.15, 0.2) is 0 Å². The highest BCUT2D eigenvalue weighted by Crippen LogP contribution is 2.63. The number of likely N-dealkylation sites (tertiary alicyclic amines) is 1. The Bertz CT molecular complexity index is 649. The third kappa shape index (κ3) is 2.19. The standard InChI is InChI=1S/C15H15NO4S/c1-15(2)11-12(15)14(20)16(13(11)19)7-9-4-3-8(21-9)5-6-10(17)18/h3-6,11-12H,7H2,1-2H3,(H,17,18). The average Bonchev–Trinajstić information content (AvgIpc) is 2.73. The van der Waals surface area contributed by atoms with Crippen molar-refractivity contribution in [3.63, 3.8) is 0 Å². The van der Waals surface area contributed by atoms with E-state index >= 15 is 0 Å². The van der Waals surface area contributed by atoms with Gasteiger partial charge < -0.3 is 5.11 Å². The topological polar surface area (TPSA) is 74.7 Å². The number of carboxylic acid groups (broad SMARTS) is 1. The largest absolute Gasteiger partial charge is 0.478 e. The Morgan fingerprint density at radius 1 is 1.33 bits per heavy atom. The molecule has 110 valence electrons. The molecule has 1 aliphatic heterocycles. The highest BCUT2D eigenvalue weighted by Gasteiger charge is 2.72. The van der Waals surface area contributed by atoms with Gasteiger partial charge in [-0.25, -0.2) is 4.79 Å². The van der Waals surface area contributed by atoms with E-state index in [0.717, 1.165) is 15.8 Å². The highest BCUT2D eigenvalue weighted by atomic mass is 32.1. The van der Waals surface area contributed by atoms with Crippen LogP contribution in [-0.2, 0) is 20.9 Å². The Hall–Kier alpha value is -1.95. The summed E-state index contributed by atoms with van der Waals surface area (Å²) in [5.41, 5.74) is -0.185. The van der Waals surface area contributed by atoms with Crippen molar-refractivity contribution in [3.8, 4) is 0 Å². The van der Waals surface area contributed by atoms with Crippen LogP contribution in [0.15, 0.2) is 18.2 Å². The van der Waals surface area contributed by atoms with Gasteiger partial charge in [0.1, 0.15) is 0 Å². The molecule has 2 fully saturated rings. The fraction of sp³-hybridized carbons (Fsp3) is 0.400. The second-order valence-corrected chi connectivity index (χ2v) is 7.21. The van der Waals surface area contributed by atoms with Gasteiger partial charge in [0, 0.05) is 15.8 Å². The van der Waals surface area contributed by atoms with Crippen molar-refractivity contribution in [1.29, 1.82) is 0 Å². The number of aliphatic carboxylic acids is 1. The molecule has 0 bridgehead atoms. The molecule has 0 spiro atoms. The van der Waals surface area contributed by atoms with Crippen molar-refractivity contribution >= 4 is 35.2 Å². The van der Waals surface area contributed by atoms with Crippen molar-refractivity contribution in [2.45, 2.75) is 20.4 Å². The summed E-state index contributed by atoms with van der Waals surface area (Å²) in [6.45, 7) is 4.19. The molecule has 21 heavy (non-hydrogen) atoms. The lowest BCUT2D eigenvalue weighted by Gasteiger charge is -2.19. The van der Waals surface area contributed by atoms with Crippen LogP contribution in [0.1, 0.15) is 23.6 Å². The summed E-state index contributed by atoms with van der Waals surface area (Å²) >= 11 is 1.39. The van der Waals surface area contributed by atoms with Crippen LogP contribution < -0.4 is 0 Å². The van der Waals surface area contributed by atoms with Gasteiger partial charge in [-0.2, -0.15) is 0 Å². The Morgan fingerprint density at radius 2 is 1.95 bits per heavy atom. The van der Waals surface area contributed by atoms with Gasteiger partial charge >= 0.3 is 5.97 Å². The lowest BCUT2D eigenvalue weighted by Crippen LogP contribution is -2.35. The normalized spacial score (nSPS) is 26.5. The van der Waals surface area contributed by atoms with E-state index in [1.807, 2.05) is 19.9 Å². The third-order valence-corrected chi connectivity index (χ3v) is 5.31. The number of nitrogens with zero attached hydrogens (tertiary/aromatic N) is 1. The average molecular weight is 305 g/mol. The summed E-state index contributed by atoms with van der Waals surface area (Å²) in [7, 11) is 0. The summed E-state index contributed by atoms with van der Waals surface area (Å²) in [5, 5.41) is 8.58. The molecular formula is C15H15NO4S. The first-order chi connectivity index (χ1) is 9.82. The number of amides is 2. The van der Waals surface area contributed by atoms with E-state index in [4.69, 9.17) is 5.11 Å².